The Morgan fingerprint density at radius 1 is 1.00 bits per heavy atom. The Labute approximate surface area is 192 Å². The minimum absolute atomic E-state index is 0.0743. The fourth-order valence-electron chi connectivity index (χ4n) is 4.65. The lowest BCUT2D eigenvalue weighted by Gasteiger charge is -2.15. The summed E-state index contributed by atoms with van der Waals surface area (Å²) in [6.07, 6.45) is 5.40. The number of carbonyl (C=O) groups is 1. The maximum Gasteiger partial charge on any atom is 0.333 e. The third-order valence-electron chi connectivity index (χ3n) is 6.37. The zero-order chi connectivity index (χ0) is 23.8. The van der Waals surface area contributed by atoms with E-state index in [9.17, 15) is 23.2 Å². The van der Waals surface area contributed by atoms with E-state index >= 15 is 0 Å². The SMILES string of the molecule is O=C(Cn1c(=O)c2c(ncn2C2CCCC2)n(Cc2ccccc2)c1=O)c1cc(F)ccc1F. The summed E-state index contributed by atoms with van der Waals surface area (Å²) in [4.78, 5) is 44.1. The Bertz CT molecular complexity index is 1500. The summed E-state index contributed by atoms with van der Waals surface area (Å²) in [7, 11) is 0. The summed E-state index contributed by atoms with van der Waals surface area (Å²) in [6, 6.07) is 11.8. The second kappa shape index (κ2) is 8.81. The van der Waals surface area contributed by atoms with Crippen LogP contribution in [-0.4, -0.2) is 24.5 Å². The highest BCUT2D eigenvalue weighted by Crippen LogP contribution is 2.31. The van der Waals surface area contributed by atoms with Crippen LogP contribution in [0.1, 0.15) is 47.6 Å². The molecule has 1 aliphatic carbocycles. The topological polar surface area (TPSA) is 78.9 Å². The van der Waals surface area contributed by atoms with Gasteiger partial charge in [0.05, 0.1) is 25.0 Å². The summed E-state index contributed by atoms with van der Waals surface area (Å²) in [6.45, 7) is -0.570. The fourth-order valence-corrected chi connectivity index (χ4v) is 4.65. The first-order valence-electron chi connectivity index (χ1n) is 11.2. The molecule has 5 rings (SSSR count). The first-order valence-corrected chi connectivity index (χ1v) is 11.2. The highest BCUT2D eigenvalue weighted by atomic mass is 19.1. The number of carbonyl (C=O) groups excluding carboxylic acids is 1. The summed E-state index contributed by atoms with van der Waals surface area (Å²) in [5, 5.41) is 0. The molecular weight excluding hydrogens is 442 g/mol. The van der Waals surface area contributed by atoms with E-state index in [0.717, 1.165) is 54.0 Å². The largest absolute Gasteiger partial charge is 0.333 e. The van der Waals surface area contributed by atoms with Gasteiger partial charge in [-0.3, -0.25) is 18.7 Å². The van der Waals surface area contributed by atoms with Crippen molar-refractivity contribution in [2.24, 2.45) is 0 Å². The van der Waals surface area contributed by atoms with E-state index in [2.05, 4.69) is 4.98 Å². The predicted molar refractivity (Wildman–Crippen MR) is 122 cm³/mol. The van der Waals surface area contributed by atoms with Crippen LogP contribution in [0.3, 0.4) is 0 Å². The van der Waals surface area contributed by atoms with Gasteiger partial charge in [-0.2, -0.15) is 0 Å². The van der Waals surface area contributed by atoms with Gasteiger partial charge in [0.15, 0.2) is 16.9 Å². The summed E-state index contributed by atoms with van der Waals surface area (Å²) < 4.78 is 31.8. The second-order valence-corrected chi connectivity index (χ2v) is 8.56. The molecule has 0 spiro atoms. The second-order valence-electron chi connectivity index (χ2n) is 8.56. The zero-order valence-corrected chi connectivity index (χ0v) is 18.3. The molecule has 1 fully saturated rings. The molecule has 174 valence electrons. The van der Waals surface area contributed by atoms with Crippen molar-refractivity contribution >= 4 is 16.9 Å². The number of hydrogen-bond acceptors (Lipinski definition) is 4. The molecule has 2 aromatic carbocycles. The lowest BCUT2D eigenvalue weighted by molar-refractivity contribution is 0.0964. The number of nitrogens with zero attached hydrogens (tertiary/aromatic N) is 4. The molecule has 2 aromatic heterocycles. The van der Waals surface area contributed by atoms with E-state index in [0.29, 0.717) is 0 Å². The molecule has 0 N–H and O–H groups in total. The molecule has 0 aliphatic heterocycles. The van der Waals surface area contributed by atoms with Gasteiger partial charge >= 0.3 is 5.69 Å². The van der Waals surface area contributed by atoms with Crippen molar-refractivity contribution in [3.63, 3.8) is 0 Å². The van der Waals surface area contributed by atoms with Crippen molar-refractivity contribution in [3.8, 4) is 0 Å². The molecule has 9 heteroatoms. The van der Waals surface area contributed by atoms with Gasteiger partial charge in [0.2, 0.25) is 0 Å². The molecule has 7 nitrogen and oxygen atoms in total. The molecular formula is C25H22F2N4O3. The molecule has 34 heavy (non-hydrogen) atoms. The van der Waals surface area contributed by atoms with Gasteiger partial charge in [0.25, 0.3) is 5.56 Å². The summed E-state index contributed by atoms with van der Waals surface area (Å²) in [5.41, 5.74) is -0.622. The molecule has 0 amide bonds. The quantitative estimate of drug-likeness (QED) is 0.408. The van der Waals surface area contributed by atoms with Crippen LogP contribution in [0.15, 0.2) is 64.4 Å². The number of aromatic nitrogens is 4. The van der Waals surface area contributed by atoms with Gasteiger partial charge in [-0.15, -0.1) is 0 Å². The molecule has 2 heterocycles. The predicted octanol–water partition coefficient (Wildman–Crippen LogP) is 3.68. The van der Waals surface area contributed by atoms with Crippen LogP contribution < -0.4 is 11.2 Å². The molecule has 1 aliphatic rings. The number of Topliss-reactive ketones (excluding diaryl/α,β-unsaturated/α-hetero) is 1. The van der Waals surface area contributed by atoms with Gasteiger partial charge < -0.3 is 4.57 Å². The number of fused-ring (bicyclic) bond motifs is 1. The lowest BCUT2D eigenvalue weighted by atomic mass is 10.1. The molecule has 0 unspecified atom stereocenters. The highest BCUT2D eigenvalue weighted by molar-refractivity contribution is 5.96. The van der Waals surface area contributed by atoms with Crippen molar-refractivity contribution in [2.75, 3.05) is 0 Å². The number of rotatable bonds is 6. The maximum absolute atomic E-state index is 14.2. The summed E-state index contributed by atoms with van der Waals surface area (Å²) in [5.74, 6) is -2.57. The average molecular weight is 464 g/mol. The van der Waals surface area contributed by atoms with Crippen molar-refractivity contribution in [1.29, 1.82) is 0 Å². The Kier molecular flexibility index (Phi) is 5.69. The van der Waals surface area contributed by atoms with E-state index < -0.39 is 40.8 Å². The number of halogens is 2. The Morgan fingerprint density at radius 3 is 2.47 bits per heavy atom. The van der Waals surface area contributed by atoms with Crippen LogP contribution in [0.25, 0.3) is 11.2 Å². The third-order valence-corrected chi connectivity index (χ3v) is 6.37. The number of benzene rings is 2. The summed E-state index contributed by atoms with van der Waals surface area (Å²) >= 11 is 0. The number of imidazole rings is 1. The molecule has 0 radical (unpaired) electrons. The number of ketones is 1. The molecule has 4 aromatic rings. The normalized spacial score (nSPS) is 14.2. The van der Waals surface area contributed by atoms with Gasteiger partial charge in [-0.05, 0) is 36.6 Å². The molecule has 0 atom stereocenters. The Morgan fingerprint density at radius 2 is 1.74 bits per heavy atom. The zero-order valence-electron chi connectivity index (χ0n) is 18.3. The Balaban J connectivity index is 1.68. The van der Waals surface area contributed by atoms with Crippen molar-refractivity contribution in [1.82, 2.24) is 18.7 Å². The lowest BCUT2D eigenvalue weighted by Crippen LogP contribution is -2.42. The van der Waals surface area contributed by atoms with E-state index in [1.54, 1.807) is 10.9 Å². The fraction of sp³-hybridized carbons (Fsp3) is 0.280. The van der Waals surface area contributed by atoms with Crippen LogP contribution in [0.4, 0.5) is 8.78 Å². The first kappa shape index (κ1) is 21.9. The molecule has 0 bridgehead atoms. The monoisotopic (exact) mass is 464 g/mol. The average Bonchev–Trinajstić information content (AvgIpc) is 3.52. The van der Waals surface area contributed by atoms with E-state index in [1.807, 2.05) is 30.3 Å². The number of hydrogen-bond donors (Lipinski definition) is 0. The Hall–Kier alpha value is -3.88. The maximum atomic E-state index is 14.2. The van der Waals surface area contributed by atoms with Gasteiger partial charge in [-0.1, -0.05) is 43.2 Å². The van der Waals surface area contributed by atoms with E-state index in [1.165, 1.54) is 4.57 Å². The van der Waals surface area contributed by atoms with Crippen molar-refractivity contribution in [2.45, 2.75) is 44.8 Å². The minimum atomic E-state index is -0.916. The molecule has 1 saturated carbocycles. The van der Waals surface area contributed by atoms with Crippen LogP contribution >= 0.6 is 0 Å². The third kappa shape index (κ3) is 3.87. The highest BCUT2D eigenvalue weighted by Gasteiger charge is 2.25. The van der Waals surface area contributed by atoms with Gasteiger partial charge in [0.1, 0.15) is 11.6 Å². The van der Waals surface area contributed by atoms with Crippen LogP contribution in [0, 0.1) is 11.6 Å². The van der Waals surface area contributed by atoms with Crippen molar-refractivity contribution in [3.05, 3.63) is 98.5 Å². The standard InChI is InChI=1S/C25H22F2N4O3/c26-17-10-11-20(27)19(12-17)21(32)14-30-24(33)22-23(28-15-31(22)18-8-4-5-9-18)29(25(30)34)13-16-6-2-1-3-7-16/h1-3,6-7,10-12,15,18H,4-5,8-9,13-14H2. The van der Waals surface area contributed by atoms with Crippen LogP contribution in [0.5, 0.6) is 0 Å². The van der Waals surface area contributed by atoms with Gasteiger partial charge in [0, 0.05) is 6.04 Å². The smallest absolute Gasteiger partial charge is 0.322 e. The van der Waals surface area contributed by atoms with E-state index in [4.69, 9.17) is 0 Å². The van der Waals surface area contributed by atoms with Gasteiger partial charge in [-0.25, -0.2) is 18.6 Å². The van der Waals surface area contributed by atoms with Crippen molar-refractivity contribution < 1.29 is 13.6 Å². The van der Waals surface area contributed by atoms with Crippen LogP contribution in [-0.2, 0) is 13.1 Å². The minimum Gasteiger partial charge on any atom is -0.322 e. The first-order chi connectivity index (χ1) is 16.4. The van der Waals surface area contributed by atoms with Crippen LogP contribution in [0.2, 0.25) is 0 Å². The molecule has 0 saturated heterocycles. The van der Waals surface area contributed by atoms with E-state index in [-0.39, 0.29) is 23.8 Å².